The van der Waals surface area contributed by atoms with Crippen molar-refractivity contribution in [2.45, 2.75) is 31.2 Å². The number of piperidine rings is 1. The standard InChI is InChI=1S/C31H35F2N5O/c1-36(30(39)22-8-4-3-5-9-22)21-24(23-12-13-26(32)27(33)20-23)14-17-38-18-15-25(16-19-38)34-31-35-28-10-6-7-11-29(28)37(31)2/h3-13,20,24-25H,14-19,21H2,1-2H3,(H,34,35). The number of benzene rings is 3. The number of rotatable bonds is 9. The number of hydrogen-bond donors (Lipinski definition) is 1. The number of likely N-dealkylation sites (tertiary alicyclic amines) is 1. The van der Waals surface area contributed by atoms with Crippen LogP contribution in [0.15, 0.2) is 72.8 Å². The molecule has 1 fully saturated rings. The third-order valence-corrected chi connectivity index (χ3v) is 7.78. The fourth-order valence-corrected chi connectivity index (χ4v) is 5.44. The second kappa shape index (κ2) is 11.9. The van der Waals surface area contributed by atoms with Gasteiger partial charge in [0, 0.05) is 51.3 Å². The Hall–Kier alpha value is -3.78. The van der Waals surface area contributed by atoms with E-state index in [2.05, 4.69) is 20.9 Å². The lowest BCUT2D eigenvalue weighted by molar-refractivity contribution is 0.0781. The molecule has 1 saturated heterocycles. The average molecular weight is 532 g/mol. The van der Waals surface area contributed by atoms with Crippen LogP contribution in [0, 0.1) is 11.6 Å². The number of para-hydroxylation sites is 2. The first kappa shape index (κ1) is 26.8. The molecule has 1 atom stereocenters. The minimum atomic E-state index is -0.860. The molecule has 8 heteroatoms. The fourth-order valence-electron chi connectivity index (χ4n) is 5.44. The van der Waals surface area contributed by atoms with Crippen molar-refractivity contribution in [1.29, 1.82) is 0 Å². The van der Waals surface area contributed by atoms with E-state index >= 15 is 0 Å². The van der Waals surface area contributed by atoms with Crippen LogP contribution in [0.1, 0.15) is 41.1 Å². The van der Waals surface area contributed by atoms with Crippen LogP contribution in [0.5, 0.6) is 0 Å². The topological polar surface area (TPSA) is 53.4 Å². The second-order valence-electron chi connectivity index (χ2n) is 10.5. The zero-order valence-electron chi connectivity index (χ0n) is 22.5. The molecule has 6 nitrogen and oxygen atoms in total. The van der Waals surface area contributed by atoms with Crippen molar-refractivity contribution in [2.24, 2.45) is 7.05 Å². The summed E-state index contributed by atoms with van der Waals surface area (Å²) < 4.78 is 29.9. The number of aromatic nitrogens is 2. The minimum absolute atomic E-state index is 0.0861. The lowest BCUT2D eigenvalue weighted by Crippen LogP contribution is -2.40. The van der Waals surface area contributed by atoms with Gasteiger partial charge in [0.1, 0.15) is 0 Å². The first-order chi connectivity index (χ1) is 18.9. The van der Waals surface area contributed by atoms with Gasteiger partial charge < -0.3 is 19.7 Å². The van der Waals surface area contributed by atoms with Crippen LogP contribution in [0.3, 0.4) is 0 Å². The SMILES string of the molecule is CN(CC(CCN1CCC(Nc2nc3ccccc3n2C)CC1)c1ccc(F)c(F)c1)C(=O)c1ccccc1. The molecule has 1 N–H and O–H groups in total. The Morgan fingerprint density at radius 1 is 1.03 bits per heavy atom. The van der Waals surface area contributed by atoms with Gasteiger partial charge in [0.15, 0.2) is 11.6 Å². The maximum atomic E-state index is 14.1. The molecule has 2 heterocycles. The van der Waals surface area contributed by atoms with Gasteiger partial charge >= 0.3 is 0 Å². The van der Waals surface area contributed by atoms with E-state index in [1.165, 1.54) is 12.1 Å². The molecule has 3 aromatic carbocycles. The molecule has 0 spiro atoms. The van der Waals surface area contributed by atoms with Crippen molar-refractivity contribution < 1.29 is 13.6 Å². The lowest BCUT2D eigenvalue weighted by atomic mass is 9.93. The van der Waals surface area contributed by atoms with Crippen molar-refractivity contribution >= 4 is 22.9 Å². The molecular weight excluding hydrogens is 496 g/mol. The molecule has 0 aliphatic carbocycles. The molecule has 1 aromatic heterocycles. The van der Waals surface area contributed by atoms with E-state index in [1.807, 2.05) is 43.4 Å². The van der Waals surface area contributed by atoms with Gasteiger partial charge in [-0.15, -0.1) is 0 Å². The molecule has 39 heavy (non-hydrogen) atoms. The Labute approximate surface area is 228 Å². The summed E-state index contributed by atoms with van der Waals surface area (Å²) in [5, 5.41) is 3.62. The molecule has 0 bridgehead atoms. The number of nitrogens with one attached hydrogen (secondary N) is 1. The van der Waals surface area contributed by atoms with Crippen LogP contribution in [-0.2, 0) is 7.05 Å². The first-order valence-corrected chi connectivity index (χ1v) is 13.5. The van der Waals surface area contributed by atoms with Crippen LogP contribution < -0.4 is 5.32 Å². The van der Waals surface area contributed by atoms with E-state index in [1.54, 1.807) is 30.1 Å². The van der Waals surface area contributed by atoms with Crippen LogP contribution in [0.4, 0.5) is 14.7 Å². The summed E-state index contributed by atoms with van der Waals surface area (Å²) >= 11 is 0. The number of hydrogen-bond acceptors (Lipinski definition) is 4. The molecule has 204 valence electrons. The van der Waals surface area contributed by atoms with Crippen molar-refractivity contribution in [3.05, 3.63) is 95.6 Å². The largest absolute Gasteiger partial charge is 0.353 e. The van der Waals surface area contributed by atoms with Gasteiger partial charge in [-0.1, -0.05) is 36.4 Å². The Kier molecular flexibility index (Phi) is 8.21. The van der Waals surface area contributed by atoms with Crippen LogP contribution in [-0.4, -0.2) is 64.5 Å². The van der Waals surface area contributed by atoms with E-state index in [-0.39, 0.29) is 11.8 Å². The Morgan fingerprint density at radius 2 is 1.74 bits per heavy atom. The van der Waals surface area contributed by atoms with Gasteiger partial charge in [0.2, 0.25) is 5.95 Å². The van der Waals surface area contributed by atoms with Crippen molar-refractivity contribution in [2.75, 3.05) is 38.5 Å². The van der Waals surface area contributed by atoms with Crippen molar-refractivity contribution in [3.63, 3.8) is 0 Å². The lowest BCUT2D eigenvalue weighted by Gasteiger charge is -2.34. The average Bonchev–Trinajstić information content (AvgIpc) is 3.28. The number of carbonyl (C=O) groups excluding carboxylic acids is 1. The molecular formula is C31H35F2N5O. The quantitative estimate of drug-likeness (QED) is 0.302. The van der Waals surface area contributed by atoms with E-state index in [4.69, 9.17) is 4.98 Å². The first-order valence-electron chi connectivity index (χ1n) is 13.5. The number of halogens is 2. The Balaban J connectivity index is 1.20. The van der Waals surface area contributed by atoms with Crippen LogP contribution in [0.2, 0.25) is 0 Å². The number of likely N-dealkylation sites (N-methyl/N-ethyl adjacent to an activating group) is 1. The zero-order chi connectivity index (χ0) is 27.4. The normalized spacial score (nSPS) is 15.4. The predicted molar refractivity (Wildman–Crippen MR) is 151 cm³/mol. The zero-order valence-corrected chi connectivity index (χ0v) is 22.5. The molecule has 1 aliphatic rings. The summed E-state index contributed by atoms with van der Waals surface area (Å²) in [6.45, 7) is 3.11. The minimum Gasteiger partial charge on any atom is -0.353 e. The molecule has 1 amide bonds. The van der Waals surface area contributed by atoms with Gasteiger partial charge in [0.25, 0.3) is 5.91 Å². The maximum absolute atomic E-state index is 14.1. The number of imidazole rings is 1. The fraction of sp³-hybridized carbons (Fsp3) is 0.355. The summed E-state index contributed by atoms with van der Waals surface area (Å²) in [6, 6.07) is 21.7. The highest BCUT2D eigenvalue weighted by atomic mass is 19.2. The van der Waals surface area contributed by atoms with E-state index in [0.717, 1.165) is 55.9 Å². The molecule has 1 unspecified atom stereocenters. The van der Waals surface area contributed by atoms with E-state index in [9.17, 15) is 13.6 Å². The van der Waals surface area contributed by atoms with Gasteiger partial charge in [-0.3, -0.25) is 4.79 Å². The smallest absolute Gasteiger partial charge is 0.253 e. The van der Waals surface area contributed by atoms with Crippen molar-refractivity contribution in [3.8, 4) is 0 Å². The molecule has 0 saturated carbocycles. The molecule has 5 rings (SSSR count). The maximum Gasteiger partial charge on any atom is 0.253 e. The van der Waals surface area contributed by atoms with E-state index in [0.29, 0.717) is 23.7 Å². The van der Waals surface area contributed by atoms with Gasteiger partial charge in [-0.2, -0.15) is 0 Å². The number of amides is 1. The highest BCUT2D eigenvalue weighted by Crippen LogP contribution is 2.26. The molecule has 4 aromatic rings. The highest BCUT2D eigenvalue weighted by Gasteiger charge is 2.24. The summed E-state index contributed by atoms with van der Waals surface area (Å²) in [5.74, 6) is -1.03. The van der Waals surface area contributed by atoms with Gasteiger partial charge in [-0.05, 0) is 67.8 Å². The summed E-state index contributed by atoms with van der Waals surface area (Å²) in [7, 11) is 3.80. The highest BCUT2D eigenvalue weighted by molar-refractivity contribution is 5.94. The Bertz CT molecular complexity index is 1420. The van der Waals surface area contributed by atoms with Crippen molar-refractivity contribution in [1.82, 2.24) is 19.4 Å². The molecule has 1 aliphatic heterocycles. The van der Waals surface area contributed by atoms with Gasteiger partial charge in [-0.25, -0.2) is 13.8 Å². The summed E-state index contributed by atoms with van der Waals surface area (Å²) in [6.07, 6.45) is 2.72. The third kappa shape index (κ3) is 6.28. The number of aryl methyl sites for hydroxylation is 1. The summed E-state index contributed by atoms with van der Waals surface area (Å²) in [5.41, 5.74) is 3.41. The van der Waals surface area contributed by atoms with Crippen LogP contribution in [0.25, 0.3) is 11.0 Å². The monoisotopic (exact) mass is 531 g/mol. The predicted octanol–water partition coefficient (Wildman–Crippen LogP) is 5.67. The number of carbonyl (C=O) groups is 1. The van der Waals surface area contributed by atoms with E-state index < -0.39 is 11.6 Å². The number of anilines is 1. The number of fused-ring (bicyclic) bond motifs is 1. The second-order valence-corrected chi connectivity index (χ2v) is 10.5. The van der Waals surface area contributed by atoms with Crippen LogP contribution >= 0.6 is 0 Å². The van der Waals surface area contributed by atoms with Gasteiger partial charge in [0.05, 0.1) is 11.0 Å². The molecule has 0 radical (unpaired) electrons. The third-order valence-electron chi connectivity index (χ3n) is 7.78. The Morgan fingerprint density at radius 3 is 2.46 bits per heavy atom. The number of nitrogens with zero attached hydrogens (tertiary/aromatic N) is 4. The summed E-state index contributed by atoms with van der Waals surface area (Å²) in [4.78, 5) is 21.8.